The zero-order chi connectivity index (χ0) is 32.4. The second-order valence-electron chi connectivity index (χ2n) is 13.7. The number of hydrogen-bond acceptors (Lipinski definition) is 5. The van der Waals surface area contributed by atoms with E-state index in [9.17, 15) is 19.5 Å². The zero-order valence-corrected chi connectivity index (χ0v) is 27.7. The minimum Gasteiger partial charge on any atom is -0.507 e. The van der Waals surface area contributed by atoms with E-state index >= 15 is 0 Å². The van der Waals surface area contributed by atoms with Crippen LogP contribution >= 0.6 is 0 Å². The second-order valence-corrected chi connectivity index (χ2v) is 13.7. The lowest BCUT2D eigenvalue weighted by Crippen LogP contribution is -2.57. The molecular weight excluding hydrogens is 554 g/mol. The van der Waals surface area contributed by atoms with Gasteiger partial charge in [0.1, 0.15) is 23.4 Å². The Balaban J connectivity index is 2.12. The van der Waals surface area contributed by atoms with Crippen molar-refractivity contribution in [2.75, 3.05) is 0 Å². The summed E-state index contributed by atoms with van der Waals surface area (Å²) in [6.45, 7) is 13.3. The lowest BCUT2D eigenvalue weighted by atomic mass is 9.92. The second kappa shape index (κ2) is 16.0. The number of benzene rings is 2. The predicted octanol–water partition coefficient (Wildman–Crippen LogP) is 6.98. The summed E-state index contributed by atoms with van der Waals surface area (Å²) in [5.41, 5.74) is 1.09. The normalized spacial score (nSPS) is 16.1. The van der Waals surface area contributed by atoms with Gasteiger partial charge >= 0.3 is 6.09 Å². The van der Waals surface area contributed by atoms with Crippen molar-refractivity contribution >= 4 is 17.9 Å². The van der Waals surface area contributed by atoms with Crippen molar-refractivity contribution in [2.24, 2.45) is 5.92 Å². The largest absolute Gasteiger partial charge is 0.507 e. The molecule has 3 N–H and O–H groups in total. The number of phenolic OH excluding ortho intramolecular Hbond substituents is 1. The van der Waals surface area contributed by atoms with Crippen molar-refractivity contribution in [1.82, 2.24) is 15.5 Å². The molecule has 8 nitrogen and oxygen atoms in total. The Kier molecular flexibility index (Phi) is 12.7. The van der Waals surface area contributed by atoms with E-state index in [1.54, 1.807) is 50.8 Å². The van der Waals surface area contributed by atoms with Crippen LogP contribution in [0.15, 0.2) is 48.5 Å². The van der Waals surface area contributed by atoms with Crippen LogP contribution in [0.5, 0.6) is 5.75 Å². The summed E-state index contributed by atoms with van der Waals surface area (Å²) in [5.74, 6) is -0.347. The molecule has 242 valence electrons. The molecule has 0 bridgehead atoms. The SMILES string of the molecule is Cc1cccc(C(C(=O)NC2CCCCC2)N(C(=O)C(Cc2ccccc2)NC(=O)OC(C)(C)C)C(C)CCC(C)C)c1O. The summed E-state index contributed by atoms with van der Waals surface area (Å²) in [6.07, 6.45) is 5.97. The molecule has 0 heterocycles. The summed E-state index contributed by atoms with van der Waals surface area (Å²) in [4.78, 5) is 43.8. The van der Waals surface area contributed by atoms with Crippen LogP contribution < -0.4 is 10.6 Å². The van der Waals surface area contributed by atoms with Gasteiger partial charge in [0.2, 0.25) is 11.8 Å². The van der Waals surface area contributed by atoms with Crippen LogP contribution in [0.1, 0.15) is 109 Å². The summed E-state index contributed by atoms with van der Waals surface area (Å²) < 4.78 is 5.56. The topological polar surface area (TPSA) is 108 Å². The van der Waals surface area contributed by atoms with E-state index in [2.05, 4.69) is 24.5 Å². The molecule has 3 unspecified atom stereocenters. The molecule has 2 aromatic rings. The summed E-state index contributed by atoms with van der Waals surface area (Å²) >= 11 is 0. The van der Waals surface area contributed by atoms with Crippen molar-refractivity contribution in [3.8, 4) is 5.75 Å². The van der Waals surface area contributed by atoms with Gasteiger partial charge in [-0.2, -0.15) is 0 Å². The molecule has 1 aliphatic rings. The molecule has 3 amide bonds. The molecular formula is C36H53N3O5. The number of hydrogen-bond donors (Lipinski definition) is 3. The minimum absolute atomic E-state index is 0.00799. The molecule has 0 saturated heterocycles. The highest BCUT2D eigenvalue weighted by Gasteiger charge is 2.40. The smallest absolute Gasteiger partial charge is 0.408 e. The van der Waals surface area contributed by atoms with Crippen molar-refractivity contribution < 1.29 is 24.2 Å². The van der Waals surface area contributed by atoms with Crippen molar-refractivity contribution in [1.29, 1.82) is 0 Å². The van der Waals surface area contributed by atoms with Crippen LogP contribution in [0.3, 0.4) is 0 Å². The van der Waals surface area contributed by atoms with Gasteiger partial charge < -0.3 is 25.4 Å². The number of para-hydroxylation sites is 1. The maximum Gasteiger partial charge on any atom is 0.408 e. The molecule has 3 atom stereocenters. The first kappa shape index (κ1) is 34.9. The lowest BCUT2D eigenvalue weighted by Gasteiger charge is -2.40. The van der Waals surface area contributed by atoms with Crippen LogP contribution in [0.2, 0.25) is 0 Å². The number of carbonyl (C=O) groups is 3. The van der Waals surface area contributed by atoms with E-state index in [1.807, 2.05) is 37.3 Å². The van der Waals surface area contributed by atoms with Gasteiger partial charge in [0.15, 0.2) is 0 Å². The summed E-state index contributed by atoms with van der Waals surface area (Å²) in [5, 5.41) is 17.3. The average molecular weight is 608 g/mol. The van der Waals surface area contributed by atoms with Crippen LogP contribution in [0.25, 0.3) is 0 Å². The standard InChI is InChI=1S/C36H53N3O5/c1-24(2)21-22-26(4)39(34(42)30(23-27-16-10-8-11-17-27)38-35(43)44-36(5,6)7)31(29-20-14-15-25(3)32(29)40)33(41)37-28-18-12-9-13-19-28/h8,10-11,14-17,20,24,26,28,30-31,40H,9,12-13,18-19,21-23H2,1-7H3,(H,37,41)(H,38,43). The van der Waals surface area contributed by atoms with E-state index in [0.29, 0.717) is 23.5 Å². The highest BCUT2D eigenvalue weighted by Crippen LogP contribution is 2.35. The van der Waals surface area contributed by atoms with E-state index in [0.717, 1.165) is 44.1 Å². The number of amides is 3. The molecule has 1 aliphatic carbocycles. The number of alkyl carbamates (subject to hydrolysis) is 1. The summed E-state index contributed by atoms with van der Waals surface area (Å²) in [6, 6.07) is 12.3. The van der Waals surface area contributed by atoms with Gasteiger partial charge in [-0.25, -0.2) is 4.79 Å². The van der Waals surface area contributed by atoms with Gasteiger partial charge in [0.05, 0.1) is 0 Å². The Morgan fingerprint density at radius 2 is 1.61 bits per heavy atom. The monoisotopic (exact) mass is 607 g/mol. The number of carbonyl (C=O) groups excluding carboxylic acids is 3. The van der Waals surface area contributed by atoms with Gasteiger partial charge in [0.25, 0.3) is 0 Å². The third kappa shape index (κ3) is 10.3. The molecule has 3 rings (SSSR count). The molecule has 44 heavy (non-hydrogen) atoms. The third-order valence-electron chi connectivity index (χ3n) is 8.20. The van der Waals surface area contributed by atoms with E-state index in [-0.39, 0.29) is 30.2 Å². The third-order valence-corrected chi connectivity index (χ3v) is 8.20. The Morgan fingerprint density at radius 1 is 0.955 bits per heavy atom. The Bertz CT molecular complexity index is 1230. The zero-order valence-electron chi connectivity index (χ0n) is 27.7. The van der Waals surface area contributed by atoms with Crippen molar-refractivity contribution in [3.05, 3.63) is 65.2 Å². The number of rotatable bonds is 12. The highest BCUT2D eigenvalue weighted by molar-refractivity contribution is 5.93. The fourth-order valence-corrected chi connectivity index (χ4v) is 5.84. The molecule has 0 aromatic heterocycles. The van der Waals surface area contributed by atoms with E-state index in [1.165, 1.54) is 0 Å². The van der Waals surface area contributed by atoms with Gasteiger partial charge in [-0.15, -0.1) is 0 Å². The fourth-order valence-electron chi connectivity index (χ4n) is 5.84. The Labute approximate surface area is 263 Å². The predicted molar refractivity (Wildman–Crippen MR) is 174 cm³/mol. The Hall–Kier alpha value is -3.55. The van der Waals surface area contributed by atoms with Crippen LogP contribution in [-0.2, 0) is 20.7 Å². The van der Waals surface area contributed by atoms with Gasteiger partial charge in [-0.1, -0.05) is 81.6 Å². The first-order chi connectivity index (χ1) is 20.8. The maximum absolute atomic E-state index is 14.8. The molecule has 0 aliphatic heterocycles. The van der Waals surface area contributed by atoms with Crippen molar-refractivity contribution in [2.45, 2.75) is 130 Å². The van der Waals surface area contributed by atoms with Crippen LogP contribution in [0.4, 0.5) is 4.79 Å². The van der Waals surface area contributed by atoms with Gasteiger partial charge in [0, 0.05) is 24.1 Å². The van der Waals surface area contributed by atoms with Gasteiger partial charge in [-0.05, 0) is 77.3 Å². The number of nitrogens with one attached hydrogen (secondary N) is 2. The fraction of sp³-hybridized carbons (Fsp3) is 0.583. The highest BCUT2D eigenvalue weighted by atomic mass is 16.6. The molecule has 0 spiro atoms. The molecule has 2 aromatic carbocycles. The number of nitrogens with zero attached hydrogens (tertiary/aromatic N) is 1. The number of aryl methyl sites for hydroxylation is 1. The van der Waals surface area contributed by atoms with Crippen LogP contribution in [-0.4, -0.2) is 51.6 Å². The quantitative estimate of drug-likeness (QED) is 0.241. The number of phenols is 1. The van der Waals surface area contributed by atoms with Gasteiger partial charge in [-0.3, -0.25) is 9.59 Å². The average Bonchev–Trinajstić information content (AvgIpc) is 2.95. The molecule has 1 fully saturated rings. The van der Waals surface area contributed by atoms with Crippen LogP contribution in [0, 0.1) is 12.8 Å². The Morgan fingerprint density at radius 3 is 2.23 bits per heavy atom. The molecule has 0 radical (unpaired) electrons. The maximum atomic E-state index is 14.8. The first-order valence-corrected chi connectivity index (χ1v) is 16.2. The van der Waals surface area contributed by atoms with Crippen molar-refractivity contribution in [3.63, 3.8) is 0 Å². The lowest BCUT2D eigenvalue weighted by molar-refractivity contribution is -0.145. The van der Waals surface area contributed by atoms with E-state index in [4.69, 9.17) is 4.74 Å². The minimum atomic E-state index is -1.09. The molecule has 1 saturated carbocycles. The number of ether oxygens (including phenoxy) is 1. The number of aromatic hydroxyl groups is 1. The summed E-state index contributed by atoms with van der Waals surface area (Å²) in [7, 11) is 0. The first-order valence-electron chi connectivity index (χ1n) is 16.2. The molecule has 8 heteroatoms. The van der Waals surface area contributed by atoms with E-state index < -0.39 is 29.7 Å².